The molecule has 112 valence electrons. The lowest BCUT2D eigenvalue weighted by molar-refractivity contribution is -0.0498. The van der Waals surface area contributed by atoms with Gasteiger partial charge in [-0.2, -0.15) is 13.9 Å². The van der Waals surface area contributed by atoms with Gasteiger partial charge in [-0.3, -0.25) is 9.48 Å². The van der Waals surface area contributed by atoms with E-state index in [9.17, 15) is 13.6 Å². The molecule has 0 unspecified atom stereocenters. The number of aryl methyl sites for hydroxylation is 1. The van der Waals surface area contributed by atoms with Gasteiger partial charge in [0, 0.05) is 18.3 Å². The summed E-state index contributed by atoms with van der Waals surface area (Å²) in [7, 11) is 0. The van der Waals surface area contributed by atoms with Crippen molar-refractivity contribution in [2.45, 2.75) is 26.6 Å². The Balaban J connectivity index is 1.96. The third kappa shape index (κ3) is 4.27. The third-order valence-corrected chi connectivity index (χ3v) is 2.77. The minimum Gasteiger partial charge on any atom is -0.435 e. The van der Waals surface area contributed by atoms with Crippen LogP contribution in [0.1, 0.15) is 23.0 Å². The molecule has 0 aliphatic carbocycles. The zero-order chi connectivity index (χ0) is 15.2. The number of nitrogens with one attached hydrogen (secondary N) is 1. The summed E-state index contributed by atoms with van der Waals surface area (Å²) in [6.45, 7) is 0.0673. The quantitative estimate of drug-likeness (QED) is 0.890. The van der Waals surface area contributed by atoms with Gasteiger partial charge in [0.15, 0.2) is 0 Å². The molecule has 1 aromatic heterocycles. The Morgan fingerprint density at radius 1 is 1.43 bits per heavy atom. The van der Waals surface area contributed by atoms with Gasteiger partial charge in [-0.05, 0) is 31.2 Å². The number of hydrogen-bond acceptors (Lipinski definition) is 3. The van der Waals surface area contributed by atoms with Crippen LogP contribution in [-0.4, -0.2) is 22.3 Å². The minimum atomic E-state index is -2.92. The van der Waals surface area contributed by atoms with E-state index in [-0.39, 0.29) is 23.8 Å². The number of amides is 1. The normalized spacial score (nSPS) is 10.7. The summed E-state index contributed by atoms with van der Waals surface area (Å²) in [5.41, 5.74) is 0.980. The van der Waals surface area contributed by atoms with Gasteiger partial charge in [-0.1, -0.05) is 6.07 Å². The highest BCUT2D eigenvalue weighted by Crippen LogP contribution is 2.15. The summed E-state index contributed by atoms with van der Waals surface area (Å²) >= 11 is 0. The molecule has 0 saturated carbocycles. The van der Waals surface area contributed by atoms with E-state index < -0.39 is 6.61 Å². The van der Waals surface area contributed by atoms with Crippen molar-refractivity contribution >= 4 is 5.91 Å². The van der Waals surface area contributed by atoms with Crippen molar-refractivity contribution in [3.05, 3.63) is 47.8 Å². The second-order valence-electron chi connectivity index (χ2n) is 4.25. The smallest absolute Gasteiger partial charge is 0.387 e. The number of halogens is 2. The fourth-order valence-corrected chi connectivity index (χ4v) is 1.76. The standard InChI is InChI=1S/C14H15F2N3O2/c1-2-19-7-6-11(18-19)9-17-13(20)10-4-3-5-12(8-10)21-14(15)16/h3-8,14H,2,9H2,1H3,(H,17,20). The molecule has 0 bridgehead atoms. The Bertz CT molecular complexity index is 614. The topological polar surface area (TPSA) is 56.2 Å². The molecule has 0 radical (unpaired) electrons. The molecule has 0 aliphatic heterocycles. The number of carbonyl (C=O) groups is 1. The van der Waals surface area contributed by atoms with Gasteiger partial charge in [0.05, 0.1) is 12.2 Å². The Labute approximate surface area is 120 Å². The van der Waals surface area contributed by atoms with E-state index in [1.54, 1.807) is 10.7 Å². The number of nitrogens with zero attached hydrogens (tertiary/aromatic N) is 2. The molecule has 21 heavy (non-hydrogen) atoms. The summed E-state index contributed by atoms with van der Waals surface area (Å²) in [5, 5.41) is 6.90. The fourth-order valence-electron chi connectivity index (χ4n) is 1.76. The first kappa shape index (κ1) is 15.0. The van der Waals surface area contributed by atoms with Crippen molar-refractivity contribution in [3.8, 4) is 5.75 Å². The highest BCUT2D eigenvalue weighted by atomic mass is 19.3. The van der Waals surface area contributed by atoms with Crippen LogP contribution in [-0.2, 0) is 13.1 Å². The zero-order valence-electron chi connectivity index (χ0n) is 11.4. The van der Waals surface area contributed by atoms with E-state index in [1.807, 2.05) is 13.1 Å². The van der Waals surface area contributed by atoms with E-state index in [2.05, 4.69) is 15.2 Å². The number of alkyl halides is 2. The monoisotopic (exact) mass is 295 g/mol. The third-order valence-electron chi connectivity index (χ3n) is 2.77. The van der Waals surface area contributed by atoms with Gasteiger partial charge in [0.1, 0.15) is 5.75 Å². The Kier molecular flexibility index (Phi) is 4.86. The molecule has 5 nitrogen and oxygen atoms in total. The van der Waals surface area contributed by atoms with Crippen LogP contribution in [0.15, 0.2) is 36.5 Å². The molecular formula is C14H15F2N3O2. The van der Waals surface area contributed by atoms with Crippen molar-refractivity contribution < 1.29 is 18.3 Å². The van der Waals surface area contributed by atoms with Crippen molar-refractivity contribution in [2.75, 3.05) is 0 Å². The molecule has 0 atom stereocenters. The maximum absolute atomic E-state index is 12.1. The molecule has 1 aromatic carbocycles. The van der Waals surface area contributed by atoms with Crippen molar-refractivity contribution in [1.82, 2.24) is 15.1 Å². The Hall–Kier alpha value is -2.44. The van der Waals surface area contributed by atoms with Crippen LogP contribution in [0.5, 0.6) is 5.75 Å². The van der Waals surface area contributed by atoms with E-state index in [1.165, 1.54) is 24.3 Å². The van der Waals surface area contributed by atoms with E-state index in [0.717, 1.165) is 12.2 Å². The number of rotatable bonds is 6. The lowest BCUT2D eigenvalue weighted by Gasteiger charge is -2.07. The highest BCUT2D eigenvalue weighted by molar-refractivity contribution is 5.94. The minimum absolute atomic E-state index is 0.0482. The Morgan fingerprint density at radius 2 is 2.24 bits per heavy atom. The van der Waals surface area contributed by atoms with Crippen LogP contribution in [0, 0.1) is 0 Å². The lowest BCUT2D eigenvalue weighted by atomic mass is 10.2. The highest BCUT2D eigenvalue weighted by Gasteiger charge is 2.10. The van der Waals surface area contributed by atoms with Crippen LogP contribution in [0.4, 0.5) is 8.78 Å². The van der Waals surface area contributed by atoms with E-state index in [0.29, 0.717) is 0 Å². The summed E-state index contributed by atoms with van der Waals surface area (Å²) in [6.07, 6.45) is 1.82. The molecule has 2 aromatic rings. The van der Waals surface area contributed by atoms with Gasteiger partial charge in [-0.15, -0.1) is 0 Å². The van der Waals surface area contributed by atoms with Crippen molar-refractivity contribution in [3.63, 3.8) is 0 Å². The molecule has 1 N–H and O–H groups in total. The van der Waals surface area contributed by atoms with Gasteiger partial charge in [0.2, 0.25) is 0 Å². The largest absolute Gasteiger partial charge is 0.435 e. The average molecular weight is 295 g/mol. The maximum atomic E-state index is 12.1. The summed E-state index contributed by atoms with van der Waals surface area (Å²) in [4.78, 5) is 11.9. The van der Waals surface area contributed by atoms with Crippen molar-refractivity contribution in [2.24, 2.45) is 0 Å². The van der Waals surface area contributed by atoms with Crippen molar-refractivity contribution in [1.29, 1.82) is 0 Å². The zero-order valence-corrected chi connectivity index (χ0v) is 11.4. The lowest BCUT2D eigenvalue weighted by Crippen LogP contribution is -2.23. The molecule has 7 heteroatoms. The van der Waals surface area contributed by atoms with E-state index in [4.69, 9.17) is 0 Å². The number of carbonyl (C=O) groups excluding carboxylic acids is 1. The van der Waals surface area contributed by atoms with Gasteiger partial charge in [0.25, 0.3) is 5.91 Å². The maximum Gasteiger partial charge on any atom is 0.387 e. The number of ether oxygens (including phenoxy) is 1. The average Bonchev–Trinajstić information content (AvgIpc) is 2.92. The second-order valence-corrected chi connectivity index (χ2v) is 4.25. The van der Waals surface area contributed by atoms with Crippen LogP contribution < -0.4 is 10.1 Å². The molecule has 1 heterocycles. The molecule has 0 aliphatic rings. The number of benzene rings is 1. The predicted molar refractivity (Wildman–Crippen MR) is 72.1 cm³/mol. The molecule has 2 rings (SSSR count). The molecule has 0 fully saturated rings. The SMILES string of the molecule is CCn1ccc(CNC(=O)c2cccc(OC(F)F)c2)n1. The summed E-state index contributed by atoms with van der Waals surface area (Å²) < 4.78 is 30.3. The molecular weight excluding hydrogens is 280 g/mol. The fraction of sp³-hybridized carbons (Fsp3) is 0.286. The first-order chi connectivity index (χ1) is 10.1. The Morgan fingerprint density at radius 3 is 2.90 bits per heavy atom. The number of aromatic nitrogens is 2. The van der Waals surface area contributed by atoms with Crippen LogP contribution in [0.3, 0.4) is 0 Å². The van der Waals surface area contributed by atoms with Crippen LogP contribution >= 0.6 is 0 Å². The summed E-state index contributed by atoms with van der Waals surface area (Å²) in [5.74, 6) is -0.423. The molecule has 0 saturated heterocycles. The van der Waals surface area contributed by atoms with E-state index >= 15 is 0 Å². The van der Waals surface area contributed by atoms with Gasteiger partial charge >= 0.3 is 6.61 Å². The summed E-state index contributed by atoms with van der Waals surface area (Å²) in [6, 6.07) is 7.45. The van der Waals surface area contributed by atoms with Crippen LogP contribution in [0.2, 0.25) is 0 Å². The molecule has 0 spiro atoms. The first-order valence-corrected chi connectivity index (χ1v) is 6.44. The predicted octanol–water partition coefficient (Wildman–Crippen LogP) is 2.43. The second kappa shape index (κ2) is 6.83. The van der Waals surface area contributed by atoms with Gasteiger partial charge in [-0.25, -0.2) is 0 Å². The van der Waals surface area contributed by atoms with Gasteiger partial charge < -0.3 is 10.1 Å². The van der Waals surface area contributed by atoms with Crippen LogP contribution in [0.25, 0.3) is 0 Å². The first-order valence-electron chi connectivity index (χ1n) is 6.44. The number of hydrogen-bond donors (Lipinski definition) is 1. The molecule has 1 amide bonds.